The molecule has 0 atom stereocenters. The molecule has 25 heavy (non-hydrogen) atoms. The average molecular weight is 353 g/mol. The van der Waals surface area contributed by atoms with Crippen molar-refractivity contribution in [3.63, 3.8) is 0 Å². The molecule has 2 aromatic carbocycles. The lowest BCUT2D eigenvalue weighted by atomic mass is 10.2. The highest BCUT2D eigenvalue weighted by atomic mass is 32.1. The minimum absolute atomic E-state index is 0.0482. The molecule has 1 aromatic heterocycles. The van der Waals surface area contributed by atoms with Crippen LogP contribution in [0, 0.1) is 10.1 Å². The summed E-state index contributed by atoms with van der Waals surface area (Å²) in [5, 5.41) is 23.8. The zero-order chi connectivity index (χ0) is 17.6. The molecule has 0 saturated carbocycles. The Hall–Kier alpha value is -3.13. The lowest BCUT2D eigenvalue weighted by Gasteiger charge is -1.98. The number of hydrogen-bond donors (Lipinski definition) is 1. The fourth-order valence-corrected chi connectivity index (χ4v) is 2.94. The molecule has 0 unspecified atom stereocenters. The van der Waals surface area contributed by atoms with Crippen molar-refractivity contribution in [1.29, 1.82) is 0 Å². The van der Waals surface area contributed by atoms with Crippen molar-refractivity contribution in [2.45, 2.75) is 6.92 Å². The molecule has 1 heterocycles. The second kappa shape index (κ2) is 7.63. The summed E-state index contributed by atoms with van der Waals surface area (Å²) < 4.78 is 0. The van der Waals surface area contributed by atoms with Gasteiger partial charge in [0.15, 0.2) is 0 Å². The van der Waals surface area contributed by atoms with E-state index in [2.05, 4.69) is 20.5 Å². The SMILES string of the molecule is CCNc1nnc(-c2ccc(N=Cc3cccc([N+](=O)[O-])c3)cc2)s1. The second-order valence-electron chi connectivity index (χ2n) is 5.10. The van der Waals surface area contributed by atoms with E-state index in [1.165, 1.54) is 23.5 Å². The van der Waals surface area contributed by atoms with Gasteiger partial charge < -0.3 is 5.32 Å². The molecule has 1 N–H and O–H groups in total. The Balaban J connectivity index is 1.73. The number of anilines is 1. The van der Waals surface area contributed by atoms with Gasteiger partial charge in [0.25, 0.3) is 5.69 Å². The fourth-order valence-electron chi connectivity index (χ4n) is 2.12. The zero-order valence-corrected chi connectivity index (χ0v) is 14.2. The lowest BCUT2D eigenvalue weighted by molar-refractivity contribution is -0.384. The number of nitro benzene ring substituents is 1. The van der Waals surface area contributed by atoms with E-state index in [-0.39, 0.29) is 5.69 Å². The van der Waals surface area contributed by atoms with E-state index >= 15 is 0 Å². The molecule has 0 aliphatic carbocycles. The number of aliphatic imine (C=N–C) groups is 1. The molecule has 0 aliphatic heterocycles. The second-order valence-corrected chi connectivity index (χ2v) is 6.08. The third kappa shape index (κ3) is 4.24. The first-order chi connectivity index (χ1) is 12.2. The lowest BCUT2D eigenvalue weighted by Crippen LogP contribution is -1.94. The normalized spacial score (nSPS) is 10.9. The largest absolute Gasteiger partial charge is 0.360 e. The molecule has 0 amide bonds. The molecule has 0 aliphatic rings. The summed E-state index contributed by atoms with van der Waals surface area (Å²) in [6.07, 6.45) is 1.61. The molecule has 0 fully saturated rings. The van der Waals surface area contributed by atoms with Crippen molar-refractivity contribution in [3.8, 4) is 10.6 Å². The predicted octanol–water partition coefficient (Wildman–Crippen LogP) is 4.30. The van der Waals surface area contributed by atoms with Gasteiger partial charge in [0.2, 0.25) is 5.13 Å². The monoisotopic (exact) mass is 353 g/mol. The van der Waals surface area contributed by atoms with Gasteiger partial charge in [0.1, 0.15) is 5.01 Å². The number of aromatic nitrogens is 2. The van der Waals surface area contributed by atoms with E-state index < -0.39 is 4.92 Å². The number of hydrogen-bond acceptors (Lipinski definition) is 7. The molecule has 3 aromatic rings. The summed E-state index contributed by atoms with van der Waals surface area (Å²) >= 11 is 1.50. The molecular formula is C17H15N5O2S. The summed E-state index contributed by atoms with van der Waals surface area (Å²) in [6, 6.07) is 14.0. The first kappa shape index (κ1) is 16.7. The summed E-state index contributed by atoms with van der Waals surface area (Å²) in [6.45, 7) is 2.81. The van der Waals surface area contributed by atoms with Gasteiger partial charge in [-0.3, -0.25) is 15.1 Å². The number of nitro groups is 1. The van der Waals surface area contributed by atoms with Crippen LogP contribution in [0.5, 0.6) is 0 Å². The Morgan fingerprint density at radius 1 is 1.24 bits per heavy atom. The minimum Gasteiger partial charge on any atom is -0.360 e. The van der Waals surface area contributed by atoms with Gasteiger partial charge >= 0.3 is 0 Å². The van der Waals surface area contributed by atoms with Crippen LogP contribution >= 0.6 is 11.3 Å². The van der Waals surface area contributed by atoms with Gasteiger partial charge in [-0.15, -0.1) is 10.2 Å². The highest BCUT2D eigenvalue weighted by molar-refractivity contribution is 7.18. The Morgan fingerprint density at radius 3 is 2.76 bits per heavy atom. The minimum atomic E-state index is -0.421. The summed E-state index contributed by atoms with van der Waals surface area (Å²) in [5.74, 6) is 0. The Morgan fingerprint density at radius 2 is 2.04 bits per heavy atom. The maximum absolute atomic E-state index is 10.8. The molecule has 0 spiro atoms. The Kier molecular flexibility index (Phi) is 5.10. The summed E-state index contributed by atoms with van der Waals surface area (Å²) in [4.78, 5) is 14.7. The van der Waals surface area contributed by atoms with Crippen molar-refractivity contribution in [2.24, 2.45) is 4.99 Å². The van der Waals surface area contributed by atoms with Crippen LogP contribution in [0.4, 0.5) is 16.5 Å². The van der Waals surface area contributed by atoms with E-state index in [9.17, 15) is 10.1 Å². The first-order valence-electron chi connectivity index (χ1n) is 7.62. The highest BCUT2D eigenvalue weighted by Gasteiger charge is 2.06. The molecule has 0 radical (unpaired) electrons. The predicted molar refractivity (Wildman–Crippen MR) is 99.9 cm³/mol. The van der Waals surface area contributed by atoms with Crippen LogP contribution in [0.1, 0.15) is 12.5 Å². The van der Waals surface area contributed by atoms with Crippen molar-refractivity contribution in [3.05, 3.63) is 64.2 Å². The highest BCUT2D eigenvalue weighted by Crippen LogP contribution is 2.27. The van der Waals surface area contributed by atoms with Crippen LogP contribution in [0.2, 0.25) is 0 Å². The van der Waals surface area contributed by atoms with Crippen LogP contribution in [0.15, 0.2) is 53.5 Å². The fraction of sp³-hybridized carbons (Fsp3) is 0.118. The average Bonchev–Trinajstić information content (AvgIpc) is 3.10. The Labute approximate surface area is 148 Å². The van der Waals surface area contributed by atoms with Gasteiger partial charge in [-0.2, -0.15) is 0 Å². The molecule has 3 rings (SSSR count). The standard InChI is InChI=1S/C17H15N5O2S/c1-2-18-17-21-20-16(25-17)13-6-8-14(9-7-13)19-11-12-4-3-5-15(10-12)22(23)24/h3-11H,2H2,1H3,(H,18,21). The first-order valence-corrected chi connectivity index (χ1v) is 8.43. The summed E-state index contributed by atoms with van der Waals surface area (Å²) in [7, 11) is 0. The van der Waals surface area contributed by atoms with Gasteiger partial charge in [-0.1, -0.05) is 23.5 Å². The van der Waals surface area contributed by atoms with Crippen LogP contribution in [-0.4, -0.2) is 27.9 Å². The summed E-state index contributed by atoms with van der Waals surface area (Å²) in [5.41, 5.74) is 2.45. The molecule has 7 nitrogen and oxygen atoms in total. The van der Waals surface area contributed by atoms with Crippen LogP contribution < -0.4 is 5.32 Å². The van der Waals surface area contributed by atoms with Gasteiger partial charge in [0.05, 0.1) is 10.6 Å². The number of non-ortho nitro benzene ring substituents is 1. The number of nitrogens with one attached hydrogen (secondary N) is 1. The Bertz CT molecular complexity index is 905. The van der Waals surface area contributed by atoms with E-state index in [1.54, 1.807) is 18.3 Å². The van der Waals surface area contributed by atoms with E-state index in [4.69, 9.17) is 0 Å². The van der Waals surface area contributed by atoms with Crippen molar-refractivity contribution < 1.29 is 4.92 Å². The smallest absolute Gasteiger partial charge is 0.270 e. The van der Waals surface area contributed by atoms with Crippen molar-refractivity contribution >= 4 is 34.1 Å². The molecule has 0 saturated heterocycles. The maximum atomic E-state index is 10.8. The molecule has 8 heteroatoms. The van der Waals surface area contributed by atoms with Crippen molar-refractivity contribution in [1.82, 2.24) is 10.2 Å². The molecule has 0 bridgehead atoms. The van der Waals surface area contributed by atoms with E-state index in [0.29, 0.717) is 5.56 Å². The van der Waals surface area contributed by atoms with Gasteiger partial charge in [0, 0.05) is 30.5 Å². The number of nitrogens with zero attached hydrogens (tertiary/aromatic N) is 4. The third-order valence-electron chi connectivity index (χ3n) is 3.31. The van der Waals surface area contributed by atoms with Crippen LogP contribution in [0.3, 0.4) is 0 Å². The maximum Gasteiger partial charge on any atom is 0.270 e. The van der Waals surface area contributed by atoms with E-state index in [0.717, 1.165) is 27.9 Å². The number of benzene rings is 2. The zero-order valence-electron chi connectivity index (χ0n) is 13.4. The molecule has 126 valence electrons. The van der Waals surface area contributed by atoms with Crippen molar-refractivity contribution in [2.75, 3.05) is 11.9 Å². The number of rotatable bonds is 6. The van der Waals surface area contributed by atoms with E-state index in [1.807, 2.05) is 31.2 Å². The van der Waals surface area contributed by atoms with Gasteiger partial charge in [-0.05, 0) is 36.8 Å². The van der Waals surface area contributed by atoms with Crippen LogP contribution in [0.25, 0.3) is 10.6 Å². The topological polar surface area (TPSA) is 93.3 Å². The van der Waals surface area contributed by atoms with Gasteiger partial charge in [-0.25, -0.2) is 0 Å². The third-order valence-corrected chi connectivity index (χ3v) is 4.24. The van der Waals surface area contributed by atoms with Crippen LogP contribution in [-0.2, 0) is 0 Å². The molecular weight excluding hydrogens is 338 g/mol. The quantitative estimate of drug-likeness (QED) is 0.405.